The van der Waals surface area contributed by atoms with Crippen molar-refractivity contribution < 1.29 is 14.3 Å². The molecule has 0 atom stereocenters. The normalized spacial score (nSPS) is 10.9. The van der Waals surface area contributed by atoms with Crippen molar-refractivity contribution in [1.29, 1.82) is 0 Å². The number of unbranched alkanes of at least 4 members (excludes halogenated alkanes) is 2. The molecule has 168 valence electrons. The number of pyridine rings is 1. The Kier molecular flexibility index (Phi) is 7.82. The first kappa shape index (κ1) is 23.7. The number of carbonyl (C=O) groups excluding carboxylic acids is 2. The van der Waals surface area contributed by atoms with E-state index >= 15 is 0 Å². The Morgan fingerprint density at radius 2 is 1.84 bits per heavy atom. The van der Waals surface area contributed by atoms with Crippen LogP contribution in [0.3, 0.4) is 0 Å². The van der Waals surface area contributed by atoms with Crippen molar-refractivity contribution in [2.75, 3.05) is 11.9 Å². The number of amides is 1. The number of rotatable bonds is 8. The Hall–Kier alpha value is -2.97. The fraction of sp³-hybridized carbons (Fsp3) is 0.318. The van der Waals surface area contributed by atoms with Gasteiger partial charge in [0.05, 0.1) is 21.1 Å². The minimum atomic E-state index is -0.813. The third-order valence-corrected chi connectivity index (χ3v) is 5.40. The second-order valence-corrected chi connectivity index (χ2v) is 7.95. The molecule has 8 nitrogen and oxygen atoms in total. The summed E-state index contributed by atoms with van der Waals surface area (Å²) in [6, 6.07) is 8.13. The zero-order valence-corrected chi connectivity index (χ0v) is 19.2. The highest BCUT2D eigenvalue weighted by atomic mass is 35.5. The first-order valence-electron chi connectivity index (χ1n) is 10.1. The van der Waals surface area contributed by atoms with E-state index in [1.807, 2.05) is 0 Å². The number of anilines is 1. The van der Waals surface area contributed by atoms with E-state index in [9.17, 15) is 14.4 Å². The van der Waals surface area contributed by atoms with Gasteiger partial charge in [-0.05, 0) is 25.5 Å². The Balaban J connectivity index is 1.78. The molecule has 3 aromatic rings. The molecule has 0 bridgehead atoms. The molecule has 32 heavy (non-hydrogen) atoms. The van der Waals surface area contributed by atoms with Gasteiger partial charge in [0.15, 0.2) is 18.1 Å². The average Bonchev–Trinajstić information content (AvgIpc) is 2.77. The van der Waals surface area contributed by atoms with Gasteiger partial charge in [-0.25, -0.2) is 14.5 Å². The van der Waals surface area contributed by atoms with Crippen molar-refractivity contribution in [3.63, 3.8) is 0 Å². The molecule has 2 heterocycles. The van der Waals surface area contributed by atoms with Crippen molar-refractivity contribution >= 4 is 51.7 Å². The molecule has 1 N–H and O–H groups in total. The Morgan fingerprint density at radius 3 is 2.56 bits per heavy atom. The number of aromatic nitrogens is 3. The smallest absolute Gasteiger partial charge is 0.359 e. The van der Waals surface area contributed by atoms with Crippen LogP contribution in [0, 0.1) is 6.92 Å². The van der Waals surface area contributed by atoms with Gasteiger partial charge < -0.3 is 10.1 Å². The van der Waals surface area contributed by atoms with Crippen LogP contribution in [0.2, 0.25) is 10.0 Å². The zero-order chi connectivity index (χ0) is 23.3. The maximum Gasteiger partial charge on any atom is 0.359 e. The standard InChI is InChI=1S/C22H22Cl2N4O4/c1-3-4-7-10-28-21(30)15-9-6-5-8-14(15)19(27-28)22(31)32-12-18(29)26-20-17(24)11-16(23)13(2)25-20/h5-6,8-9,11H,3-4,7,10,12H2,1-2H3,(H,25,26,29). The number of aryl methyl sites for hydroxylation is 2. The lowest BCUT2D eigenvalue weighted by atomic mass is 10.1. The number of carbonyl (C=O) groups is 2. The summed E-state index contributed by atoms with van der Waals surface area (Å²) in [6.45, 7) is 3.53. The molecule has 0 saturated carbocycles. The Labute approximate surface area is 194 Å². The van der Waals surface area contributed by atoms with Crippen LogP contribution in [-0.4, -0.2) is 33.2 Å². The number of nitrogens with zero attached hydrogens (tertiary/aromatic N) is 3. The van der Waals surface area contributed by atoms with Crippen LogP contribution in [0.5, 0.6) is 0 Å². The van der Waals surface area contributed by atoms with Gasteiger partial charge in [0, 0.05) is 11.9 Å². The largest absolute Gasteiger partial charge is 0.451 e. The van der Waals surface area contributed by atoms with Crippen LogP contribution in [0.15, 0.2) is 35.1 Å². The summed E-state index contributed by atoms with van der Waals surface area (Å²) >= 11 is 12.0. The SMILES string of the molecule is CCCCCn1nc(C(=O)OCC(=O)Nc2nc(C)c(Cl)cc2Cl)c2ccccc2c1=O. The fourth-order valence-corrected chi connectivity index (χ4v) is 3.47. The molecule has 1 amide bonds. The highest BCUT2D eigenvalue weighted by Crippen LogP contribution is 2.25. The van der Waals surface area contributed by atoms with E-state index in [0.717, 1.165) is 19.3 Å². The first-order valence-corrected chi connectivity index (χ1v) is 10.9. The number of halogens is 2. The van der Waals surface area contributed by atoms with Crippen LogP contribution < -0.4 is 10.9 Å². The molecule has 0 unspecified atom stereocenters. The molecule has 0 radical (unpaired) electrons. The van der Waals surface area contributed by atoms with Crippen LogP contribution in [0.25, 0.3) is 10.8 Å². The van der Waals surface area contributed by atoms with Gasteiger partial charge in [-0.3, -0.25) is 9.59 Å². The van der Waals surface area contributed by atoms with Gasteiger partial charge in [-0.15, -0.1) is 0 Å². The monoisotopic (exact) mass is 476 g/mol. The van der Waals surface area contributed by atoms with Crippen molar-refractivity contribution in [1.82, 2.24) is 14.8 Å². The Morgan fingerprint density at radius 1 is 1.12 bits per heavy atom. The van der Waals surface area contributed by atoms with Crippen molar-refractivity contribution in [3.05, 3.63) is 62.1 Å². The van der Waals surface area contributed by atoms with Crippen LogP contribution in [0.4, 0.5) is 5.82 Å². The molecular formula is C22H22Cl2N4O4. The number of benzene rings is 1. The number of hydrogen-bond acceptors (Lipinski definition) is 6. The molecular weight excluding hydrogens is 455 g/mol. The van der Waals surface area contributed by atoms with Gasteiger partial charge in [0.1, 0.15) is 0 Å². The van der Waals surface area contributed by atoms with E-state index in [0.29, 0.717) is 28.0 Å². The number of hydrogen-bond donors (Lipinski definition) is 1. The molecule has 3 rings (SSSR count). The summed E-state index contributed by atoms with van der Waals surface area (Å²) in [5.74, 6) is -1.33. The lowest BCUT2D eigenvalue weighted by Crippen LogP contribution is -2.28. The molecule has 0 saturated heterocycles. The highest BCUT2D eigenvalue weighted by Gasteiger charge is 2.19. The van der Waals surface area contributed by atoms with E-state index < -0.39 is 18.5 Å². The summed E-state index contributed by atoms with van der Waals surface area (Å²) in [7, 11) is 0. The molecule has 0 aliphatic heterocycles. The van der Waals surface area contributed by atoms with E-state index in [1.165, 1.54) is 10.7 Å². The summed E-state index contributed by atoms with van der Waals surface area (Å²) in [5, 5.41) is 7.96. The van der Waals surface area contributed by atoms with E-state index in [4.69, 9.17) is 27.9 Å². The molecule has 0 spiro atoms. The van der Waals surface area contributed by atoms with E-state index in [2.05, 4.69) is 22.3 Å². The van der Waals surface area contributed by atoms with Gasteiger partial charge in [0.25, 0.3) is 11.5 Å². The van der Waals surface area contributed by atoms with Gasteiger partial charge in [-0.1, -0.05) is 61.2 Å². The Bertz CT molecular complexity index is 1230. The maximum absolute atomic E-state index is 12.7. The molecule has 2 aromatic heterocycles. The average molecular weight is 477 g/mol. The summed E-state index contributed by atoms with van der Waals surface area (Å²) in [5.41, 5.74) is 0.192. The van der Waals surface area contributed by atoms with Crippen molar-refractivity contribution in [2.24, 2.45) is 0 Å². The second kappa shape index (κ2) is 10.6. The number of fused-ring (bicyclic) bond motifs is 1. The maximum atomic E-state index is 12.7. The van der Waals surface area contributed by atoms with E-state index in [1.54, 1.807) is 31.2 Å². The lowest BCUT2D eigenvalue weighted by molar-refractivity contribution is -0.119. The van der Waals surface area contributed by atoms with Crippen molar-refractivity contribution in [3.8, 4) is 0 Å². The van der Waals surface area contributed by atoms with E-state index in [-0.39, 0.29) is 22.1 Å². The molecule has 1 aromatic carbocycles. The van der Waals surface area contributed by atoms with Crippen molar-refractivity contribution in [2.45, 2.75) is 39.7 Å². The van der Waals surface area contributed by atoms with Crippen LogP contribution >= 0.6 is 23.2 Å². The van der Waals surface area contributed by atoms with Crippen LogP contribution in [-0.2, 0) is 16.1 Å². The molecule has 0 aliphatic carbocycles. The second-order valence-electron chi connectivity index (χ2n) is 7.14. The summed E-state index contributed by atoms with van der Waals surface area (Å²) in [6.07, 6.45) is 2.67. The number of ether oxygens (including phenoxy) is 1. The third kappa shape index (κ3) is 5.44. The van der Waals surface area contributed by atoms with Gasteiger partial charge in [-0.2, -0.15) is 5.10 Å². The minimum Gasteiger partial charge on any atom is -0.451 e. The first-order chi connectivity index (χ1) is 15.3. The summed E-state index contributed by atoms with van der Waals surface area (Å²) < 4.78 is 6.43. The molecule has 0 aliphatic rings. The number of nitrogens with one attached hydrogen (secondary N) is 1. The molecule has 0 fully saturated rings. The topological polar surface area (TPSA) is 103 Å². The predicted molar refractivity (Wildman–Crippen MR) is 123 cm³/mol. The minimum absolute atomic E-state index is 0.0250. The van der Waals surface area contributed by atoms with Crippen LogP contribution in [0.1, 0.15) is 42.4 Å². The lowest BCUT2D eigenvalue weighted by Gasteiger charge is -2.11. The van der Waals surface area contributed by atoms with Gasteiger partial charge in [0.2, 0.25) is 0 Å². The predicted octanol–water partition coefficient (Wildman–Crippen LogP) is 4.39. The quantitative estimate of drug-likeness (QED) is 0.381. The summed E-state index contributed by atoms with van der Waals surface area (Å²) in [4.78, 5) is 41.8. The zero-order valence-electron chi connectivity index (χ0n) is 17.7. The van der Waals surface area contributed by atoms with Gasteiger partial charge >= 0.3 is 5.97 Å². The fourth-order valence-electron chi connectivity index (χ4n) is 3.06. The molecule has 10 heteroatoms. The third-order valence-electron chi connectivity index (χ3n) is 4.73. The highest BCUT2D eigenvalue weighted by molar-refractivity contribution is 6.36. The number of esters is 1.